The lowest BCUT2D eigenvalue weighted by Gasteiger charge is -2.09. The van der Waals surface area contributed by atoms with E-state index < -0.39 is 0 Å². The van der Waals surface area contributed by atoms with Gasteiger partial charge in [-0.05, 0) is 43.3 Å². The van der Waals surface area contributed by atoms with Crippen LogP contribution in [0.25, 0.3) is 16.6 Å². The second kappa shape index (κ2) is 5.61. The molecule has 0 amide bonds. The molecular weight excluding hydrogens is 288 g/mol. The largest absolute Gasteiger partial charge is 0.487 e. The van der Waals surface area contributed by atoms with Gasteiger partial charge in [0.25, 0.3) is 0 Å². The first kappa shape index (κ1) is 13.6. The molecule has 114 valence electrons. The van der Waals surface area contributed by atoms with Gasteiger partial charge < -0.3 is 4.74 Å². The maximum Gasteiger partial charge on any atom is 0.130 e. The average Bonchev–Trinajstić information content (AvgIpc) is 3.19. The normalized spacial score (nSPS) is 11.0. The van der Waals surface area contributed by atoms with E-state index in [1.54, 1.807) is 0 Å². The highest BCUT2D eigenvalue weighted by molar-refractivity contribution is 5.79. The number of nitrogens with zero attached hydrogens (tertiary/aromatic N) is 3. The highest BCUT2D eigenvalue weighted by Crippen LogP contribution is 2.20. The van der Waals surface area contributed by atoms with Gasteiger partial charge in [0.2, 0.25) is 0 Å². The van der Waals surface area contributed by atoms with Gasteiger partial charge in [-0.3, -0.25) is 5.10 Å². The van der Waals surface area contributed by atoms with Gasteiger partial charge in [-0.15, -0.1) is 0 Å². The summed E-state index contributed by atoms with van der Waals surface area (Å²) in [4.78, 5) is 0. The first-order valence-electron chi connectivity index (χ1n) is 7.47. The van der Waals surface area contributed by atoms with Crippen LogP contribution in [0.5, 0.6) is 5.75 Å². The number of aryl methyl sites for hydroxylation is 1. The van der Waals surface area contributed by atoms with Crippen LogP contribution in [0.4, 0.5) is 0 Å². The fourth-order valence-corrected chi connectivity index (χ4v) is 2.62. The number of H-pyrrole nitrogens is 1. The van der Waals surface area contributed by atoms with E-state index in [2.05, 4.69) is 15.3 Å². The van der Waals surface area contributed by atoms with Crippen molar-refractivity contribution >= 4 is 10.9 Å². The maximum absolute atomic E-state index is 5.94. The molecule has 0 aliphatic heterocycles. The smallest absolute Gasteiger partial charge is 0.130 e. The predicted molar refractivity (Wildman–Crippen MR) is 88.7 cm³/mol. The Hall–Kier alpha value is -3.08. The summed E-state index contributed by atoms with van der Waals surface area (Å²) in [5, 5.41) is 12.6. The molecule has 4 aromatic rings. The Bertz CT molecular complexity index is 940. The van der Waals surface area contributed by atoms with Crippen LogP contribution in [-0.2, 0) is 6.61 Å². The minimum absolute atomic E-state index is 0.457. The third-order valence-corrected chi connectivity index (χ3v) is 3.70. The minimum atomic E-state index is 0.457. The summed E-state index contributed by atoms with van der Waals surface area (Å²) in [5.41, 5.74) is 3.95. The molecule has 23 heavy (non-hydrogen) atoms. The summed E-state index contributed by atoms with van der Waals surface area (Å²) in [6, 6.07) is 18.0. The van der Waals surface area contributed by atoms with Crippen LogP contribution in [0.1, 0.15) is 11.4 Å². The third kappa shape index (κ3) is 2.68. The van der Waals surface area contributed by atoms with Crippen molar-refractivity contribution in [3.05, 3.63) is 72.2 Å². The Morgan fingerprint density at radius 1 is 1.09 bits per heavy atom. The van der Waals surface area contributed by atoms with Crippen LogP contribution in [0, 0.1) is 6.92 Å². The Morgan fingerprint density at radius 2 is 1.96 bits per heavy atom. The molecule has 2 heterocycles. The van der Waals surface area contributed by atoms with Crippen molar-refractivity contribution in [2.24, 2.45) is 0 Å². The lowest BCUT2D eigenvalue weighted by atomic mass is 10.2. The average molecular weight is 304 g/mol. The molecule has 0 bridgehead atoms. The summed E-state index contributed by atoms with van der Waals surface area (Å²) in [6.45, 7) is 2.44. The minimum Gasteiger partial charge on any atom is -0.487 e. The molecule has 1 N–H and O–H groups in total. The van der Waals surface area contributed by atoms with Crippen LogP contribution in [0.15, 0.2) is 60.8 Å². The molecule has 0 aliphatic carbocycles. The molecule has 4 rings (SSSR count). The fourth-order valence-electron chi connectivity index (χ4n) is 2.62. The number of aromatic amines is 1. The van der Waals surface area contributed by atoms with Gasteiger partial charge in [-0.1, -0.05) is 18.2 Å². The van der Waals surface area contributed by atoms with Gasteiger partial charge in [0.05, 0.1) is 22.6 Å². The van der Waals surface area contributed by atoms with E-state index in [-0.39, 0.29) is 0 Å². The number of hydrogen-bond acceptors (Lipinski definition) is 3. The highest BCUT2D eigenvalue weighted by Gasteiger charge is 2.08. The summed E-state index contributed by atoms with van der Waals surface area (Å²) in [5.74, 6) is 0.817. The quantitative estimate of drug-likeness (QED) is 0.626. The van der Waals surface area contributed by atoms with E-state index in [9.17, 15) is 0 Å². The number of fused-ring (bicyclic) bond motifs is 1. The van der Waals surface area contributed by atoms with E-state index in [1.807, 2.05) is 72.4 Å². The number of nitrogens with one attached hydrogen (secondary N) is 1. The number of ether oxygens (including phenoxy) is 1. The van der Waals surface area contributed by atoms with Gasteiger partial charge >= 0.3 is 0 Å². The van der Waals surface area contributed by atoms with Crippen molar-refractivity contribution in [1.82, 2.24) is 20.0 Å². The van der Waals surface area contributed by atoms with Crippen LogP contribution in [0.2, 0.25) is 0 Å². The van der Waals surface area contributed by atoms with Crippen molar-refractivity contribution in [1.29, 1.82) is 0 Å². The van der Waals surface area contributed by atoms with Crippen LogP contribution in [0.3, 0.4) is 0 Å². The number of benzene rings is 2. The molecule has 0 aliphatic rings. The van der Waals surface area contributed by atoms with E-state index in [0.29, 0.717) is 6.61 Å². The Morgan fingerprint density at radius 3 is 2.83 bits per heavy atom. The van der Waals surface area contributed by atoms with Gasteiger partial charge in [0, 0.05) is 11.6 Å². The van der Waals surface area contributed by atoms with Gasteiger partial charge in [-0.25, -0.2) is 4.68 Å². The Kier molecular flexibility index (Phi) is 3.31. The van der Waals surface area contributed by atoms with Gasteiger partial charge in [0.1, 0.15) is 12.4 Å². The second-order valence-electron chi connectivity index (χ2n) is 5.42. The van der Waals surface area contributed by atoms with Gasteiger partial charge in [0.15, 0.2) is 0 Å². The molecule has 2 aromatic carbocycles. The monoisotopic (exact) mass is 304 g/mol. The lowest BCUT2D eigenvalue weighted by molar-refractivity contribution is 0.298. The number of para-hydroxylation sites is 1. The van der Waals surface area contributed by atoms with Crippen molar-refractivity contribution in [2.45, 2.75) is 13.5 Å². The van der Waals surface area contributed by atoms with Crippen LogP contribution < -0.4 is 4.74 Å². The maximum atomic E-state index is 5.94. The molecule has 5 heteroatoms. The van der Waals surface area contributed by atoms with Crippen molar-refractivity contribution in [2.75, 3.05) is 0 Å². The Labute approximate surface area is 133 Å². The topological polar surface area (TPSA) is 55.7 Å². The molecule has 0 radical (unpaired) electrons. The predicted octanol–water partition coefficient (Wildman–Crippen LogP) is 3.64. The third-order valence-electron chi connectivity index (χ3n) is 3.70. The Balaban J connectivity index is 1.59. The molecule has 0 atom stereocenters. The molecule has 2 aromatic heterocycles. The molecule has 0 saturated carbocycles. The van der Waals surface area contributed by atoms with E-state index in [4.69, 9.17) is 4.74 Å². The standard InChI is InChI=1S/C18H16N4O/c1-13-9-16(22(21-13)15-5-3-2-4-6-15)12-23-17-7-8-18-14(10-17)11-19-20-18/h2-11H,12H2,1H3,(H,19,20). The zero-order valence-electron chi connectivity index (χ0n) is 12.7. The molecule has 0 unspecified atom stereocenters. The fraction of sp³-hybridized carbons (Fsp3) is 0.111. The highest BCUT2D eigenvalue weighted by atomic mass is 16.5. The molecule has 0 fully saturated rings. The van der Waals surface area contributed by atoms with Crippen molar-refractivity contribution in [3.8, 4) is 11.4 Å². The summed E-state index contributed by atoms with van der Waals surface area (Å²) in [6.07, 6.45) is 1.86. The van der Waals surface area contributed by atoms with Crippen LogP contribution >= 0.6 is 0 Å². The molecule has 0 spiro atoms. The van der Waals surface area contributed by atoms with E-state index >= 15 is 0 Å². The molecule has 0 saturated heterocycles. The zero-order chi connectivity index (χ0) is 15.6. The zero-order valence-corrected chi connectivity index (χ0v) is 12.7. The van der Waals surface area contributed by atoms with Gasteiger partial charge in [-0.2, -0.15) is 10.2 Å². The van der Waals surface area contributed by atoms with E-state index in [1.165, 1.54) is 0 Å². The SMILES string of the molecule is Cc1cc(COc2ccc3n[nH]cc3c2)n(-c2ccccc2)n1. The number of hydrogen-bond donors (Lipinski definition) is 1. The summed E-state index contributed by atoms with van der Waals surface area (Å²) in [7, 11) is 0. The molecular formula is C18H16N4O. The number of aromatic nitrogens is 4. The first-order valence-corrected chi connectivity index (χ1v) is 7.47. The lowest BCUT2D eigenvalue weighted by Crippen LogP contribution is -2.05. The van der Waals surface area contributed by atoms with Crippen molar-refractivity contribution in [3.63, 3.8) is 0 Å². The van der Waals surface area contributed by atoms with Crippen LogP contribution in [-0.4, -0.2) is 20.0 Å². The second-order valence-corrected chi connectivity index (χ2v) is 5.42. The summed E-state index contributed by atoms with van der Waals surface area (Å²) >= 11 is 0. The van der Waals surface area contributed by atoms with Crippen molar-refractivity contribution < 1.29 is 4.74 Å². The van der Waals surface area contributed by atoms with E-state index in [0.717, 1.165) is 33.7 Å². The summed E-state index contributed by atoms with van der Waals surface area (Å²) < 4.78 is 7.86. The molecule has 5 nitrogen and oxygen atoms in total. The number of rotatable bonds is 4. The first-order chi connectivity index (χ1) is 11.3.